The molecule has 1 unspecified atom stereocenters. The number of carbonyl (C=O) groups is 1. The minimum absolute atomic E-state index is 0.0877. The van der Waals surface area contributed by atoms with Crippen LogP contribution in [0.2, 0.25) is 0 Å². The van der Waals surface area contributed by atoms with Crippen molar-refractivity contribution in [3.8, 4) is 0 Å². The van der Waals surface area contributed by atoms with E-state index in [4.69, 9.17) is 0 Å². The number of hydrogen-bond acceptors (Lipinski definition) is 3. The van der Waals surface area contributed by atoms with E-state index in [2.05, 4.69) is 18.8 Å². The van der Waals surface area contributed by atoms with Gasteiger partial charge < -0.3 is 10.0 Å². The van der Waals surface area contributed by atoms with Gasteiger partial charge in [0.25, 0.3) is 5.91 Å². The Morgan fingerprint density at radius 2 is 2.22 bits per heavy atom. The van der Waals surface area contributed by atoms with Gasteiger partial charge in [-0.15, -0.1) is 0 Å². The lowest BCUT2D eigenvalue weighted by molar-refractivity contribution is 0.0569. The summed E-state index contributed by atoms with van der Waals surface area (Å²) in [5, 5.41) is 9.89. The Hall–Kier alpha value is -1.42. The van der Waals surface area contributed by atoms with Crippen LogP contribution in [-0.4, -0.2) is 39.6 Å². The number of likely N-dealkylation sites (tertiary alicyclic amines) is 1. The molecular weight excluding hydrogens is 228 g/mol. The van der Waals surface area contributed by atoms with Gasteiger partial charge in [-0.1, -0.05) is 19.9 Å². The number of aromatic nitrogens is 1. The Balaban J connectivity index is 2.17. The van der Waals surface area contributed by atoms with E-state index in [0.29, 0.717) is 31.1 Å². The Kier molecular flexibility index (Phi) is 3.39. The molecule has 1 amide bonds. The van der Waals surface area contributed by atoms with Crippen molar-refractivity contribution in [2.24, 2.45) is 0 Å². The van der Waals surface area contributed by atoms with Crippen molar-refractivity contribution in [1.82, 2.24) is 9.88 Å². The van der Waals surface area contributed by atoms with Crippen LogP contribution in [0.15, 0.2) is 18.2 Å². The molecule has 98 valence electrons. The number of nitrogens with zero attached hydrogens (tertiary/aromatic N) is 2. The number of carbonyl (C=O) groups excluding carboxylic acids is 1. The lowest BCUT2D eigenvalue weighted by atomic mass is 10.1. The summed E-state index contributed by atoms with van der Waals surface area (Å²) < 4.78 is 0. The second-order valence-corrected chi connectivity index (χ2v) is 5.58. The number of aliphatic hydroxyl groups is 1. The molecule has 4 heteroatoms. The molecule has 1 aromatic heterocycles. The molecule has 0 aromatic carbocycles. The van der Waals surface area contributed by atoms with Gasteiger partial charge in [0.1, 0.15) is 5.69 Å². The molecular formula is C14H20N2O2. The molecule has 0 aliphatic carbocycles. The largest absolute Gasteiger partial charge is 0.388 e. The maximum atomic E-state index is 12.3. The molecule has 1 aliphatic heterocycles. The number of hydrogen-bond donors (Lipinski definition) is 1. The molecule has 1 atom stereocenters. The highest BCUT2D eigenvalue weighted by atomic mass is 16.3. The first kappa shape index (κ1) is 13.0. The van der Waals surface area contributed by atoms with Crippen LogP contribution in [0, 0.1) is 0 Å². The topological polar surface area (TPSA) is 53.4 Å². The highest BCUT2D eigenvalue weighted by Gasteiger charge is 2.34. The van der Waals surface area contributed by atoms with E-state index in [-0.39, 0.29) is 5.91 Å². The van der Waals surface area contributed by atoms with Crippen molar-refractivity contribution in [3.05, 3.63) is 29.6 Å². The van der Waals surface area contributed by atoms with Crippen LogP contribution >= 0.6 is 0 Å². The first-order valence-corrected chi connectivity index (χ1v) is 6.38. The summed E-state index contributed by atoms with van der Waals surface area (Å²) in [5.41, 5.74) is 0.636. The van der Waals surface area contributed by atoms with Crippen LogP contribution in [0.25, 0.3) is 0 Å². The zero-order valence-electron chi connectivity index (χ0n) is 11.2. The maximum absolute atomic E-state index is 12.3. The highest BCUT2D eigenvalue weighted by Crippen LogP contribution is 2.22. The van der Waals surface area contributed by atoms with Crippen molar-refractivity contribution in [2.75, 3.05) is 13.1 Å². The van der Waals surface area contributed by atoms with Gasteiger partial charge in [-0.05, 0) is 31.4 Å². The smallest absolute Gasteiger partial charge is 0.272 e. The molecule has 18 heavy (non-hydrogen) atoms. The predicted molar refractivity (Wildman–Crippen MR) is 69.5 cm³/mol. The van der Waals surface area contributed by atoms with Crippen molar-refractivity contribution >= 4 is 5.91 Å². The SMILES string of the molecule is CC(C)c1cccc(C(=O)N2CCC(C)(O)C2)n1. The number of rotatable bonds is 2. The normalized spacial score (nSPS) is 23.7. The van der Waals surface area contributed by atoms with Crippen LogP contribution in [0.3, 0.4) is 0 Å². The average molecular weight is 248 g/mol. The van der Waals surface area contributed by atoms with Gasteiger partial charge in [0.05, 0.1) is 5.60 Å². The monoisotopic (exact) mass is 248 g/mol. The van der Waals surface area contributed by atoms with E-state index >= 15 is 0 Å². The minimum atomic E-state index is -0.759. The average Bonchev–Trinajstić information content (AvgIpc) is 2.69. The summed E-state index contributed by atoms with van der Waals surface area (Å²) in [6.45, 7) is 6.85. The van der Waals surface area contributed by atoms with Gasteiger partial charge in [0.2, 0.25) is 0 Å². The Morgan fingerprint density at radius 1 is 1.50 bits per heavy atom. The van der Waals surface area contributed by atoms with Crippen molar-refractivity contribution in [2.45, 2.75) is 38.7 Å². The van der Waals surface area contributed by atoms with Crippen LogP contribution in [-0.2, 0) is 0 Å². The van der Waals surface area contributed by atoms with E-state index in [1.54, 1.807) is 17.9 Å². The van der Waals surface area contributed by atoms with Crippen LogP contribution in [0.1, 0.15) is 49.3 Å². The minimum Gasteiger partial charge on any atom is -0.388 e. The van der Waals surface area contributed by atoms with Crippen LogP contribution in [0.4, 0.5) is 0 Å². The zero-order valence-corrected chi connectivity index (χ0v) is 11.2. The summed E-state index contributed by atoms with van der Waals surface area (Å²) in [4.78, 5) is 18.3. The van der Waals surface area contributed by atoms with Crippen LogP contribution in [0.5, 0.6) is 0 Å². The highest BCUT2D eigenvalue weighted by molar-refractivity contribution is 5.92. The molecule has 2 rings (SSSR count). The van der Waals surface area contributed by atoms with Gasteiger partial charge in [-0.25, -0.2) is 4.98 Å². The summed E-state index contributed by atoms with van der Waals surface area (Å²) in [7, 11) is 0. The summed E-state index contributed by atoms with van der Waals surface area (Å²) in [6, 6.07) is 5.53. The third-order valence-electron chi connectivity index (χ3n) is 3.32. The molecule has 1 saturated heterocycles. The Morgan fingerprint density at radius 3 is 2.78 bits per heavy atom. The quantitative estimate of drug-likeness (QED) is 0.868. The van der Waals surface area contributed by atoms with Crippen molar-refractivity contribution in [1.29, 1.82) is 0 Å². The number of pyridine rings is 1. The van der Waals surface area contributed by atoms with Crippen molar-refractivity contribution < 1.29 is 9.90 Å². The third-order valence-corrected chi connectivity index (χ3v) is 3.32. The van der Waals surface area contributed by atoms with Gasteiger partial charge in [0, 0.05) is 18.8 Å². The first-order chi connectivity index (χ1) is 8.39. The fourth-order valence-electron chi connectivity index (χ4n) is 2.17. The van der Waals surface area contributed by atoms with Gasteiger partial charge >= 0.3 is 0 Å². The summed E-state index contributed by atoms with van der Waals surface area (Å²) in [6.07, 6.45) is 0.628. The molecule has 4 nitrogen and oxygen atoms in total. The molecule has 1 aromatic rings. The van der Waals surface area contributed by atoms with Gasteiger partial charge in [-0.3, -0.25) is 4.79 Å². The van der Waals surface area contributed by atoms with E-state index in [1.807, 2.05) is 12.1 Å². The predicted octanol–water partition coefficient (Wildman–Crippen LogP) is 1.80. The van der Waals surface area contributed by atoms with E-state index in [9.17, 15) is 9.90 Å². The van der Waals surface area contributed by atoms with E-state index in [0.717, 1.165) is 5.69 Å². The van der Waals surface area contributed by atoms with Crippen molar-refractivity contribution in [3.63, 3.8) is 0 Å². The van der Waals surface area contributed by atoms with E-state index in [1.165, 1.54) is 0 Å². The Labute approximate surface area is 108 Å². The van der Waals surface area contributed by atoms with E-state index < -0.39 is 5.60 Å². The molecule has 0 radical (unpaired) electrons. The van der Waals surface area contributed by atoms with Gasteiger partial charge in [0.15, 0.2) is 0 Å². The lowest BCUT2D eigenvalue weighted by Gasteiger charge is -2.19. The number of β-amino-alcohol motifs (C(OH)–C–C–N with tert-alkyl or cyclic N) is 1. The molecule has 0 bridgehead atoms. The molecule has 1 fully saturated rings. The molecule has 0 spiro atoms. The Bertz CT molecular complexity index is 455. The standard InChI is InChI=1S/C14H20N2O2/c1-10(2)11-5-4-6-12(15-11)13(17)16-8-7-14(3,18)9-16/h4-6,10,18H,7-9H2,1-3H3. The summed E-state index contributed by atoms with van der Waals surface area (Å²) >= 11 is 0. The fraction of sp³-hybridized carbons (Fsp3) is 0.571. The lowest BCUT2D eigenvalue weighted by Crippen LogP contribution is -2.34. The summed E-state index contributed by atoms with van der Waals surface area (Å²) in [5.74, 6) is 0.217. The second-order valence-electron chi connectivity index (χ2n) is 5.58. The first-order valence-electron chi connectivity index (χ1n) is 6.38. The zero-order chi connectivity index (χ0) is 13.3. The second kappa shape index (κ2) is 4.69. The molecule has 1 aliphatic rings. The molecule has 0 saturated carbocycles. The van der Waals surface area contributed by atoms with Crippen LogP contribution < -0.4 is 0 Å². The maximum Gasteiger partial charge on any atom is 0.272 e. The molecule has 2 heterocycles. The molecule has 1 N–H and O–H groups in total. The number of amides is 1. The fourth-order valence-corrected chi connectivity index (χ4v) is 2.17. The third kappa shape index (κ3) is 2.70. The van der Waals surface area contributed by atoms with Gasteiger partial charge in [-0.2, -0.15) is 0 Å².